The second-order valence-electron chi connectivity index (χ2n) is 1.39. The van der Waals surface area contributed by atoms with Gasteiger partial charge >= 0.3 is 0 Å². The number of hydrogen-bond acceptors (Lipinski definition) is 0. The third kappa shape index (κ3) is 3.00. The van der Waals surface area contributed by atoms with Gasteiger partial charge in [0.15, 0.2) is 0 Å². The largest absolute Gasteiger partial charge is 0.271 e. The van der Waals surface area contributed by atoms with Gasteiger partial charge in [0.2, 0.25) is 0 Å². The zero-order valence-corrected chi connectivity index (χ0v) is 6.16. The summed E-state index contributed by atoms with van der Waals surface area (Å²) in [5, 5.41) is 0. The second-order valence-corrected chi connectivity index (χ2v) is 1.39. The van der Waals surface area contributed by atoms with Crippen molar-refractivity contribution in [3.63, 3.8) is 0 Å². The van der Waals surface area contributed by atoms with Crippen molar-refractivity contribution in [1.82, 2.24) is 0 Å². The fourth-order valence-corrected chi connectivity index (χ4v) is 0.470. The fourth-order valence-electron chi connectivity index (χ4n) is 0.470. The van der Waals surface area contributed by atoms with Crippen molar-refractivity contribution in [3.8, 4) is 0 Å². The van der Waals surface area contributed by atoms with E-state index in [1.54, 1.807) is 0 Å². The predicted octanol–water partition coefficient (Wildman–Crippen LogP) is 1.86. The Morgan fingerprint density at radius 1 is 1.12 bits per heavy atom. The van der Waals surface area contributed by atoms with Gasteiger partial charge in [0.25, 0.3) is 0 Å². The van der Waals surface area contributed by atoms with Crippen LogP contribution in [0.25, 0.3) is 0 Å². The molecule has 0 aromatic rings. The summed E-state index contributed by atoms with van der Waals surface area (Å²) in [4.78, 5) is 0. The van der Waals surface area contributed by atoms with E-state index in [4.69, 9.17) is 0 Å². The summed E-state index contributed by atoms with van der Waals surface area (Å²) in [6.45, 7) is 0. The minimum absolute atomic E-state index is 0. The molecule has 1 heteroatoms. The van der Waals surface area contributed by atoms with E-state index in [0.717, 1.165) is 6.42 Å². The van der Waals surface area contributed by atoms with E-state index >= 15 is 0 Å². The molecule has 0 saturated heterocycles. The minimum atomic E-state index is 0. The molecule has 8 heavy (non-hydrogen) atoms. The van der Waals surface area contributed by atoms with Crippen molar-refractivity contribution in [2.75, 3.05) is 0 Å². The molecule has 0 fully saturated rings. The maximum atomic E-state index is 3.05. The molecule has 1 aliphatic carbocycles. The van der Waals surface area contributed by atoms with Gasteiger partial charge in [0.05, 0.1) is 0 Å². The summed E-state index contributed by atoms with van der Waals surface area (Å²) in [7, 11) is 0. The Kier molecular flexibility index (Phi) is 5.04. The van der Waals surface area contributed by atoms with Gasteiger partial charge in [-0.15, -0.1) is 6.08 Å². The third-order valence-corrected chi connectivity index (χ3v) is 0.808. The molecule has 0 heterocycles. The summed E-state index contributed by atoms with van der Waals surface area (Å²) in [6, 6.07) is 0. The number of hydrogen-bond donors (Lipinski definition) is 0. The van der Waals surface area contributed by atoms with Gasteiger partial charge in [-0.3, -0.25) is 6.08 Å². The molecule has 0 bridgehead atoms. The van der Waals surface area contributed by atoms with Crippen LogP contribution in [0.4, 0.5) is 0 Å². The molecule has 0 nitrogen and oxygen atoms in total. The van der Waals surface area contributed by atoms with Crippen molar-refractivity contribution < 1.29 is 21.7 Å². The van der Waals surface area contributed by atoms with Gasteiger partial charge in [-0.1, -0.05) is 18.6 Å². The van der Waals surface area contributed by atoms with Gasteiger partial charge in [0.1, 0.15) is 0 Å². The second kappa shape index (κ2) is 5.08. The molecule has 1 rings (SSSR count). The van der Waals surface area contributed by atoms with Crippen molar-refractivity contribution in [3.05, 3.63) is 36.5 Å². The monoisotopic (exact) mass is 139 g/mol. The predicted molar refractivity (Wildman–Crippen MR) is 30.7 cm³/mol. The molecular formula is C7H7Ti-. The van der Waals surface area contributed by atoms with Crippen LogP contribution in [-0.4, -0.2) is 0 Å². The van der Waals surface area contributed by atoms with Crippen molar-refractivity contribution in [2.45, 2.75) is 6.42 Å². The fraction of sp³-hybridized carbons (Fsp3) is 0.143. The quantitative estimate of drug-likeness (QED) is 0.355. The van der Waals surface area contributed by atoms with Crippen molar-refractivity contribution >= 4 is 0 Å². The maximum Gasteiger partial charge on any atom is 0 e. The Balaban J connectivity index is 0.000000490. The Bertz CT molecular complexity index is 106. The number of allylic oxidation sites excluding steroid dienone is 6. The van der Waals surface area contributed by atoms with Gasteiger partial charge in [-0.25, -0.2) is 12.2 Å². The molecule has 1 aliphatic rings. The maximum absolute atomic E-state index is 3.05. The topological polar surface area (TPSA) is 0 Å². The molecule has 0 saturated carbocycles. The first-order chi connectivity index (χ1) is 3.50. The van der Waals surface area contributed by atoms with Gasteiger partial charge in [-0.2, -0.15) is 0 Å². The third-order valence-electron chi connectivity index (χ3n) is 0.808. The molecular weight excluding hydrogens is 132 g/mol. The van der Waals surface area contributed by atoms with Crippen molar-refractivity contribution in [2.24, 2.45) is 0 Å². The standard InChI is InChI=1S/C7H7.Ti/c1-2-4-6-7-5-3-1;/h1-5H,6H2;/q-1;. The summed E-state index contributed by atoms with van der Waals surface area (Å²) < 4.78 is 0. The molecule has 0 aliphatic heterocycles. The van der Waals surface area contributed by atoms with E-state index in [1.807, 2.05) is 24.3 Å². The summed E-state index contributed by atoms with van der Waals surface area (Å²) in [6.07, 6.45) is 14.0. The van der Waals surface area contributed by atoms with E-state index < -0.39 is 0 Å². The first kappa shape index (κ1) is 7.93. The van der Waals surface area contributed by atoms with Crippen LogP contribution >= 0.6 is 0 Å². The van der Waals surface area contributed by atoms with Crippen LogP contribution in [0.3, 0.4) is 0 Å². The van der Waals surface area contributed by atoms with Crippen molar-refractivity contribution in [1.29, 1.82) is 0 Å². The molecule has 0 aromatic heterocycles. The SMILES string of the molecule is [C-]1=CC=CC=CC1.[Ti]. The van der Waals surface area contributed by atoms with Gasteiger partial charge in [0, 0.05) is 21.7 Å². The van der Waals surface area contributed by atoms with Crippen LogP contribution in [0.2, 0.25) is 0 Å². The van der Waals surface area contributed by atoms with Crippen LogP contribution in [0.5, 0.6) is 0 Å². The molecule has 0 radical (unpaired) electrons. The zero-order chi connectivity index (χ0) is 4.95. The molecule has 0 spiro atoms. The van der Waals surface area contributed by atoms with E-state index in [0.29, 0.717) is 0 Å². The molecule has 0 atom stereocenters. The van der Waals surface area contributed by atoms with Crippen LogP contribution in [0.1, 0.15) is 6.42 Å². The molecule has 0 aromatic carbocycles. The molecule has 0 N–H and O–H groups in total. The first-order valence-corrected chi connectivity index (χ1v) is 2.38. The normalized spacial score (nSPS) is 15.0. The molecule has 0 unspecified atom stereocenters. The minimum Gasteiger partial charge on any atom is -0.271 e. The van der Waals surface area contributed by atoms with Crippen LogP contribution in [0, 0.1) is 6.08 Å². The van der Waals surface area contributed by atoms with E-state index in [2.05, 4.69) is 12.2 Å². The smallest absolute Gasteiger partial charge is 0 e. The van der Waals surface area contributed by atoms with E-state index in [1.165, 1.54) is 0 Å². The van der Waals surface area contributed by atoms with E-state index in [-0.39, 0.29) is 21.7 Å². The first-order valence-electron chi connectivity index (χ1n) is 2.38. The summed E-state index contributed by atoms with van der Waals surface area (Å²) in [5.74, 6) is 0. The Morgan fingerprint density at radius 2 is 2.00 bits per heavy atom. The number of rotatable bonds is 0. The van der Waals surface area contributed by atoms with Crippen LogP contribution < -0.4 is 0 Å². The van der Waals surface area contributed by atoms with Crippen LogP contribution in [-0.2, 0) is 21.7 Å². The summed E-state index contributed by atoms with van der Waals surface area (Å²) >= 11 is 0. The Morgan fingerprint density at radius 3 is 2.88 bits per heavy atom. The average Bonchev–Trinajstić information content (AvgIpc) is 1.90. The van der Waals surface area contributed by atoms with Gasteiger partial charge < -0.3 is 0 Å². The average molecular weight is 139 g/mol. The Labute approximate surface area is 64.9 Å². The molecule has 40 valence electrons. The zero-order valence-electron chi connectivity index (χ0n) is 4.59. The van der Waals surface area contributed by atoms with Crippen LogP contribution in [0.15, 0.2) is 30.4 Å². The van der Waals surface area contributed by atoms with E-state index in [9.17, 15) is 0 Å². The van der Waals surface area contributed by atoms with Gasteiger partial charge in [-0.05, 0) is 0 Å². The molecule has 0 amide bonds. The Hall–Kier alpha value is -0.0657. The summed E-state index contributed by atoms with van der Waals surface area (Å²) in [5.41, 5.74) is 0.